The van der Waals surface area contributed by atoms with Crippen molar-refractivity contribution in [1.82, 2.24) is 0 Å². The Morgan fingerprint density at radius 3 is 1.16 bits per heavy atom. The van der Waals surface area contributed by atoms with Crippen LogP contribution in [0.1, 0.15) is 0 Å². The van der Waals surface area contributed by atoms with Gasteiger partial charge in [0.05, 0.1) is 14.2 Å². The predicted molar refractivity (Wildman–Crippen MR) is 184 cm³/mol. The molecule has 14 nitrogen and oxygen atoms in total. The fraction of sp³-hybridized carbons (Fsp3) is 0.0588. The van der Waals surface area contributed by atoms with E-state index in [9.17, 15) is 36.2 Å². The van der Waals surface area contributed by atoms with Gasteiger partial charge in [-0.15, -0.1) is 20.5 Å². The number of phenols is 2. The lowest BCUT2D eigenvalue weighted by Crippen LogP contribution is -1.99. The second-order valence-corrected chi connectivity index (χ2v) is 13.5. The maximum Gasteiger partial charge on any atom is 0.295 e. The van der Waals surface area contributed by atoms with Crippen LogP contribution in [0.4, 0.5) is 22.7 Å². The summed E-state index contributed by atoms with van der Waals surface area (Å²) in [5.41, 5.74) is 1.43. The zero-order chi connectivity index (χ0) is 35.8. The highest BCUT2D eigenvalue weighted by molar-refractivity contribution is 7.86. The summed E-state index contributed by atoms with van der Waals surface area (Å²) in [5.74, 6) is -0.0888. The van der Waals surface area contributed by atoms with Crippen molar-refractivity contribution in [2.24, 2.45) is 20.5 Å². The molecule has 6 aromatic rings. The largest absolute Gasteiger partial charge is 0.505 e. The highest BCUT2D eigenvalue weighted by Crippen LogP contribution is 2.43. The first-order valence-corrected chi connectivity index (χ1v) is 17.3. The second kappa shape index (κ2) is 13.2. The summed E-state index contributed by atoms with van der Waals surface area (Å²) in [6.07, 6.45) is 0. The molecule has 0 atom stereocenters. The monoisotopic (exact) mass is 714 g/mol. The van der Waals surface area contributed by atoms with Gasteiger partial charge >= 0.3 is 0 Å². The molecule has 0 aliphatic rings. The highest BCUT2D eigenvalue weighted by Gasteiger charge is 2.21. The van der Waals surface area contributed by atoms with Gasteiger partial charge in [0.2, 0.25) is 0 Å². The molecule has 0 saturated heterocycles. The molecule has 254 valence electrons. The van der Waals surface area contributed by atoms with E-state index in [1.165, 1.54) is 38.5 Å². The molecule has 0 saturated carbocycles. The van der Waals surface area contributed by atoms with Crippen LogP contribution >= 0.6 is 0 Å². The fourth-order valence-corrected chi connectivity index (χ4v) is 6.73. The first kappa shape index (κ1) is 33.9. The molecule has 50 heavy (non-hydrogen) atoms. The van der Waals surface area contributed by atoms with Crippen LogP contribution in [0.25, 0.3) is 32.7 Å². The molecule has 0 unspecified atom stereocenters. The number of ether oxygens (including phenoxy) is 2. The fourth-order valence-electron chi connectivity index (χ4n) is 5.30. The Labute approximate surface area is 285 Å². The zero-order valence-electron chi connectivity index (χ0n) is 26.1. The lowest BCUT2D eigenvalue weighted by atomic mass is 10.0. The van der Waals surface area contributed by atoms with E-state index in [1.807, 2.05) is 0 Å². The molecule has 0 fully saturated rings. The lowest BCUT2D eigenvalue weighted by molar-refractivity contribution is 0.415. The van der Waals surface area contributed by atoms with Gasteiger partial charge in [-0.05, 0) is 47.5 Å². The predicted octanol–water partition coefficient (Wildman–Crippen LogP) is 8.41. The van der Waals surface area contributed by atoms with E-state index in [-0.39, 0.29) is 67.3 Å². The van der Waals surface area contributed by atoms with Crippen LogP contribution in [0.15, 0.2) is 127 Å². The van der Waals surface area contributed by atoms with Gasteiger partial charge in [0.25, 0.3) is 20.2 Å². The Morgan fingerprint density at radius 2 is 0.820 bits per heavy atom. The molecule has 0 radical (unpaired) electrons. The number of phenolic OH excluding ortho intramolecular Hbond substituents is 2. The maximum atomic E-state index is 12.1. The van der Waals surface area contributed by atoms with E-state index >= 15 is 0 Å². The van der Waals surface area contributed by atoms with Crippen molar-refractivity contribution in [3.63, 3.8) is 0 Å². The number of fused-ring (bicyclic) bond motifs is 2. The Kier molecular flexibility index (Phi) is 8.94. The molecule has 0 spiro atoms. The Bertz CT molecular complexity index is 2430. The minimum Gasteiger partial charge on any atom is -0.505 e. The summed E-state index contributed by atoms with van der Waals surface area (Å²) in [6, 6.07) is 24.2. The van der Waals surface area contributed by atoms with E-state index in [4.69, 9.17) is 9.47 Å². The molecule has 0 aliphatic carbocycles. The lowest BCUT2D eigenvalue weighted by Gasteiger charge is -2.11. The third-order valence-electron chi connectivity index (χ3n) is 7.70. The molecule has 4 N–H and O–H groups in total. The van der Waals surface area contributed by atoms with E-state index in [1.54, 1.807) is 60.7 Å². The number of azo groups is 2. The molecular formula is C34H26N4O10S2. The van der Waals surface area contributed by atoms with Crippen molar-refractivity contribution in [3.05, 3.63) is 97.1 Å². The van der Waals surface area contributed by atoms with Gasteiger partial charge in [-0.2, -0.15) is 16.8 Å². The topological polar surface area (TPSA) is 217 Å². The van der Waals surface area contributed by atoms with E-state index < -0.39 is 30.0 Å². The number of benzene rings is 6. The number of hydrogen-bond acceptors (Lipinski definition) is 12. The van der Waals surface area contributed by atoms with E-state index in [2.05, 4.69) is 20.5 Å². The molecule has 0 aromatic heterocycles. The average Bonchev–Trinajstić information content (AvgIpc) is 3.10. The summed E-state index contributed by atoms with van der Waals surface area (Å²) in [6.45, 7) is 0. The Hall–Kier alpha value is -5.94. The van der Waals surface area contributed by atoms with Gasteiger partial charge in [-0.3, -0.25) is 9.11 Å². The highest BCUT2D eigenvalue weighted by atomic mass is 32.2. The summed E-state index contributed by atoms with van der Waals surface area (Å²) in [7, 11) is -6.46. The molecule has 0 heterocycles. The second-order valence-electron chi connectivity index (χ2n) is 10.7. The van der Waals surface area contributed by atoms with Gasteiger partial charge < -0.3 is 19.7 Å². The average molecular weight is 715 g/mol. The number of methoxy groups -OCH3 is 2. The molecule has 16 heteroatoms. The first-order valence-electron chi connectivity index (χ1n) is 14.4. The first-order chi connectivity index (χ1) is 23.8. The molecule has 0 aliphatic heterocycles. The number of hydrogen-bond donors (Lipinski definition) is 4. The smallest absolute Gasteiger partial charge is 0.295 e. The van der Waals surface area contributed by atoms with Crippen LogP contribution in [0.5, 0.6) is 23.0 Å². The maximum absolute atomic E-state index is 12.1. The van der Waals surface area contributed by atoms with Crippen molar-refractivity contribution in [3.8, 4) is 34.1 Å². The number of rotatable bonds is 9. The van der Waals surface area contributed by atoms with Crippen molar-refractivity contribution < 1.29 is 45.6 Å². The van der Waals surface area contributed by atoms with Crippen LogP contribution in [0.3, 0.4) is 0 Å². The van der Waals surface area contributed by atoms with Crippen LogP contribution in [-0.4, -0.2) is 50.4 Å². The Morgan fingerprint density at radius 1 is 0.480 bits per heavy atom. The van der Waals surface area contributed by atoms with Crippen molar-refractivity contribution >= 4 is 64.5 Å². The van der Waals surface area contributed by atoms with Gasteiger partial charge in [-0.25, -0.2) is 0 Å². The Balaban J connectivity index is 1.32. The third-order valence-corrected chi connectivity index (χ3v) is 9.48. The SMILES string of the molecule is COc1cc(-c2ccc(/N=N/c3cc(S(=O)(=O)O)c4ccccc4c3O)c(OC)c2)ccc1/N=N/c1cc(S(=O)(=O)O)c2ccccc2c1O. The normalized spacial score (nSPS) is 12.3. The van der Waals surface area contributed by atoms with Crippen molar-refractivity contribution in [1.29, 1.82) is 0 Å². The van der Waals surface area contributed by atoms with Gasteiger partial charge in [0.1, 0.15) is 44.0 Å². The molecule has 0 amide bonds. The summed E-state index contributed by atoms with van der Waals surface area (Å²) in [5, 5.41) is 38.5. The quantitative estimate of drug-likeness (QED) is 0.0827. The molecule has 6 rings (SSSR count). The standard InChI is InChI=1S/C34H26N4O10S2/c1-47-29-15-19(11-13-25(29)35-37-27-17-31(49(41,42)43)21-7-3-5-9-23(21)33(27)39)20-12-14-26(30(16-20)48-2)36-38-28-18-32(50(44,45)46)22-8-4-6-10-24(22)34(28)40/h3-18,39-40H,1-2H3,(H,41,42,43)(H,44,45,46)/b37-35+,38-36+. The van der Waals surface area contributed by atoms with Crippen LogP contribution in [-0.2, 0) is 20.2 Å². The molecule has 6 aromatic carbocycles. The number of nitrogens with zero attached hydrogens (tertiary/aromatic N) is 4. The zero-order valence-corrected chi connectivity index (χ0v) is 27.7. The minimum atomic E-state index is -4.65. The van der Waals surface area contributed by atoms with Crippen LogP contribution < -0.4 is 9.47 Å². The van der Waals surface area contributed by atoms with E-state index in [0.29, 0.717) is 11.1 Å². The van der Waals surface area contributed by atoms with Gasteiger partial charge in [-0.1, -0.05) is 60.7 Å². The van der Waals surface area contributed by atoms with Gasteiger partial charge in [0, 0.05) is 21.5 Å². The van der Waals surface area contributed by atoms with E-state index in [0.717, 1.165) is 12.1 Å². The molecular weight excluding hydrogens is 689 g/mol. The summed E-state index contributed by atoms with van der Waals surface area (Å²) >= 11 is 0. The van der Waals surface area contributed by atoms with Crippen LogP contribution in [0, 0.1) is 0 Å². The molecule has 0 bridgehead atoms. The van der Waals surface area contributed by atoms with Gasteiger partial charge in [0.15, 0.2) is 11.5 Å². The number of aromatic hydroxyl groups is 2. The third kappa shape index (κ3) is 6.55. The minimum absolute atomic E-state index is 0.120. The van der Waals surface area contributed by atoms with Crippen molar-refractivity contribution in [2.75, 3.05) is 14.2 Å². The van der Waals surface area contributed by atoms with Crippen molar-refractivity contribution in [2.45, 2.75) is 9.79 Å². The van der Waals surface area contributed by atoms with Crippen LogP contribution in [0.2, 0.25) is 0 Å². The summed E-state index contributed by atoms with van der Waals surface area (Å²) < 4.78 is 78.8. The summed E-state index contributed by atoms with van der Waals surface area (Å²) in [4.78, 5) is -0.868.